The first kappa shape index (κ1) is 12.4. The van der Waals surface area contributed by atoms with Crippen molar-refractivity contribution < 1.29 is 9.53 Å². The molecule has 0 amide bonds. The zero-order valence-corrected chi connectivity index (χ0v) is 9.26. The topological polar surface area (TPSA) is 26.3 Å². The van der Waals surface area contributed by atoms with Crippen molar-refractivity contribution in [2.24, 2.45) is 5.92 Å². The summed E-state index contributed by atoms with van der Waals surface area (Å²) in [5, 5.41) is 0. The van der Waals surface area contributed by atoms with Gasteiger partial charge in [0.15, 0.2) is 5.78 Å². The van der Waals surface area contributed by atoms with E-state index in [9.17, 15) is 4.79 Å². The number of carbonyl (C=O) groups is 1. The first-order chi connectivity index (χ1) is 6.02. The third-order valence-electron chi connectivity index (χ3n) is 2.29. The highest BCUT2D eigenvalue weighted by Crippen LogP contribution is 2.18. The van der Waals surface area contributed by atoms with E-state index in [0.717, 1.165) is 12.0 Å². The van der Waals surface area contributed by atoms with Crippen LogP contribution < -0.4 is 0 Å². The molecule has 0 radical (unpaired) electrons. The third kappa shape index (κ3) is 4.23. The first-order valence-corrected chi connectivity index (χ1v) is 4.74. The summed E-state index contributed by atoms with van der Waals surface area (Å²) in [6.07, 6.45) is 2.79. The molecule has 13 heavy (non-hydrogen) atoms. The molecule has 2 atom stereocenters. The molecule has 0 aromatic carbocycles. The molecule has 2 unspecified atom stereocenters. The monoisotopic (exact) mass is 184 g/mol. The maximum Gasteiger partial charge on any atom is 0.152 e. The Morgan fingerprint density at radius 2 is 2.00 bits per heavy atom. The minimum atomic E-state index is 0.0777. The second-order valence-electron chi connectivity index (χ2n) is 3.54. The summed E-state index contributed by atoms with van der Waals surface area (Å²) in [5.41, 5.74) is 1.02. The van der Waals surface area contributed by atoms with Crippen molar-refractivity contribution in [2.75, 3.05) is 7.11 Å². The van der Waals surface area contributed by atoms with E-state index in [-0.39, 0.29) is 11.9 Å². The third-order valence-corrected chi connectivity index (χ3v) is 2.29. The lowest BCUT2D eigenvalue weighted by molar-refractivity contribution is -0.112. The highest BCUT2D eigenvalue weighted by molar-refractivity contribution is 5.88. The molecule has 0 aliphatic rings. The van der Waals surface area contributed by atoms with Gasteiger partial charge in [0.05, 0.1) is 6.10 Å². The van der Waals surface area contributed by atoms with Gasteiger partial charge < -0.3 is 4.74 Å². The summed E-state index contributed by atoms with van der Waals surface area (Å²) in [6, 6.07) is 0. The molecule has 0 fully saturated rings. The van der Waals surface area contributed by atoms with Crippen LogP contribution in [0.15, 0.2) is 11.6 Å². The molecule has 0 spiro atoms. The average molecular weight is 184 g/mol. The SMILES string of the molecule is CCC(C)C(OC)/C(C)=C/C(C)=O. The van der Waals surface area contributed by atoms with Gasteiger partial charge in [-0.1, -0.05) is 20.3 Å². The van der Waals surface area contributed by atoms with E-state index in [1.807, 2.05) is 6.92 Å². The Balaban J connectivity index is 4.48. The van der Waals surface area contributed by atoms with E-state index in [2.05, 4.69) is 13.8 Å². The number of carbonyl (C=O) groups excluding carboxylic acids is 1. The largest absolute Gasteiger partial charge is 0.377 e. The van der Waals surface area contributed by atoms with Gasteiger partial charge in [-0.15, -0.1) is 0 Å². The normalized spacial score (nSPS) is 16.8. The summed E-state index contributed by atoms with van der Waals surface area (Å²) >= 11 is 0. The Hall–Kier alpha value is -0.630. The highest BCUT2D eigenvalue weighted by atomic mass is 16.5. The van der Waals surface area contributed by atoms with Gasteiger partial charge >= 0.3 is 0 Å². The first-order valence-electron chi connectivity index (χ1n) is 4.74. The maximum absolute atomic E-state index is 10.9. The standard InChI is InChI=1S/C11H20O2/c1-6-8(2)11(13-5)9(3)7-10(4)12/h7-8,11H,6H2,1-5H3/b9-7+. The minimum Gasteiger partial charge on any atom is -0.377 e. The number of methoxy groups -OCH3 is 1. The van der Waals surface area contributed by atoms with E-state index < -0.39 is 0 Å². The van der Waals surface area contributed by atoms with Crippen LogP contribution in [0.4, 0.5) is 0 Å². The summed E-state index contributed by atoms with van der Waals surface area (Å²) in [6.45, 7) is 7.76. The Morgan fingerprint density at radius 3 is 2.31 bits per heavy atom. The summed E-state index contributed by atoms with van der Waals surface area (Å²) in [7, 11) is 1.69. The van der Waals surface area contributed by atoms with Crippen LogP contribution >= 0.6 is 0 Å². The van der Waals surface area contributed by atoms with Crippen molar-refractivity contribution >= 4 is 5.78 Å². The average Bonchev–Trinajstić information content (AvgIpc) is 2.03. The molecule has 0 aliphatic heterocycles. The van der Waals surface area contributed by atoms with E-state index in [4.69, 9.17) is 4.74 Å². The van der Waals surface area contributed by atoms with Crippen LogP contribution in [-0.4, -0.2) is 19.0 Å². The lowest BCUT2D eigenvalue weighted by Gasteiger charge is -2.22. The van der Waals surface area contributed by atoms with Crippen molar-refractivity contribution in [3.63, 3.8) is 0 Å². The minimum absolute atomic E-state index is 0.0777. The van der Waals surface area contributed by atoms with Crippen LogP contribution in [0.5, 0.6) is 0 Å². The Kier molecular flexibility index (Phi) is 5.63. The van der Waals surface area contributed by atoms with Crippen molar-refractivity contribution in [3.8, 4) is 0 Å². The zero-order chi connectivity index (χ0) is 10.4. The molecule has 76 valence electrons. The fourth-order valence-corrected chi connectivity index (χ4v) is 1.48. The van der Waals surface area contributed by atoms with Crippen molar-refractivity contribution in [2.45, 2.75) is 40.2 Å². The van der Waals surface area contributed by atoms with Gasteiger partial charge in [0.1, 0.15) is 0 Å². The summed E-state index contributed by atoms with van der Waals surface area (Å²) < 4.78 is 5.35. The summed E-state index contributed by atoms with van der Waals surface area (Å²) in [5.74, 6) is 0.545. The van der Waals surface area contributed by atoms with Crippen molar-refractivity contribution in [3.05, 3.63) is 11.6 Å². The van der Waals surface area contributed by atoms with Crippen LogP contribution in [0.25, 0.3) is 0 Å². The molecule has 0 heterocycles. The van der Waals surface area contributed by atoms with Crippen LogP contribution in [0.2, 0.25) is 0 Å². The predicted octanol–water partition coefficient (Wildman–Crippen LogP) is 2.58. The Morgan fingerprint density at radius 1 is 1.46 bits per heavy atom. The van der Waals surface area contributed by atoms with Gasteiger partial charge in [0.2, 0.25) is 0 Å². The number of ether oxygens (including phenoxy) is 1. The quantitative estimate of drug-likeness (QED) is 0.614. The van der Waals surface area contributed by atoms with Crippen LogP contribution in [0.1, 0.15) is 34.1 Å². The van der Waals surface area contributed by atoms with Gasteiger partial charge in [-0.25, -0.2) is 0 Å². The van der Waals surface area contributed by atoms with E-state index in [1.165, 1.54) is 0 Å². The zero-order valence-electron chi connectivity index (χ0n) is 9.26. The number of hydrogen-bond acceptors (Lipinski definition) is 2. The van der Waals surface area contributed by atoms with Gasteiger partial charge in [-0.05, 0) is 31.4 Å². The Labute approximate surface area is 81.0 Å². The lowest BCUT2D eigenvalue weighted by atomic mass is 9.95. The van der Waals surface area contributed by atoms with E-state index >= 15 is 0 Å². The van der Waals surface area contributed by atoms with E-state index in [0.29, 0.717) is 5.92 Å². The number of allylic oxidation sites excluding steroid dienone is 1. The second-order valence-corrected chi connectivity index (χ2v) is 3.54. The molecule has 0 saturated carbocycles. The van der Waals surface area contributed by atoms with E-state index in [1.54, 1.807) is 20.1 Å². The van der Waals surface area contributed by atoms with Crippen LogP contribution in [-0.2, 0) is 9.53 Å². The van der Waals surface area contributed by atoms with Crippen LogP contribution in [0.3, 0.4) is 0 Å². The fraction of sp³-hybridized carbons (Fsp3) is 0.727. The molecular formula is C11H20O2. The molecule has 0 bridgehead atoms. The fourth-order valence-electron chi connectivity index (χ4n) is 1.48. The number of ketones is 1. The molecule has 2 heteroatoms. The van der Waals surface area contributed by atoms with Crippen molar-refractivity contribution in [1.82, 2.24) is 0 Å². The van der Waals surface area contributed by atoms with Gasteiger partial charge in [0.25, 0.3) is 0 Å². The maximum atomic E-state index is 10.9. The molecule has 0 saturated heterocycles. The second kappa shape index (κ2) is 5.92. The Bertz CT molecular complexity index is 194. The highest BCUT2D eigenvalue weighted by Gasteiger charge is 2.16. The van der Waals surface area contributed by atoms with Gasteiger partial charge in [-0.2, -0.15) is 0 Å². The molecule has 0 aliphatic carbocycles. The predicted molar refractivity (Wildman–Crippen MR) is 54.7 cm³/mol. The lowest BCUT2D eigenvalue weighted by Crippen LogP contribution is -2.21. The number of rotatable bonds is 5. The number of hydrogen-bond donors (Lipinski definition) is 0. The smallest absolute Gasteiger partial charge is 0.152 e. The molecule has 0 N–H and O–H groups in total. The molecule has 0 aromatic heterocycles. The molecule has 0 rings (SSSR count). The molecular weight excluding hydrogens is 164 g/mol. The molecule has 2 nitrogen and oxygen atoms in total. The van der Waals surface area contributed by atoms with Gasteiger partial charge in [-0.3, -0.25) is 4.79 Å². The van der Waals surface area contributed by atoms with Crippen LogP contribution in [0, 0.1) is 5.92 Å². The summed E-state index contributed by atoms with van der Waals surface area (Å²) in [4.78, 5) is 10.9. The molecule has 0 aromatic rings. The van der Waals surface area contributed by atoms with Crippen molar-refractivity contribution in [1.29, 1.82) is 0 Å². The van der Waals surface area contributed by atoms with Gasteiger partial charge in [0, 0.05) is 7.11 Å².